The average Bonchev–Trinajstić information content (AvgIpc) is 2.38. The quantitative estimate of drug-likeness (QED) is 0.838. The van der Waals surface area contributed by atoms with Crippen LogP contribution in [0, 0.1) is 13.8 Å². The summed E-state index contributed by atoms with van der Waals surface area (Å²) in [7, 11) is 0. The second-order valence-electron chi connectivity index (χ2n) is 4.39. The molecule has 0 amide bonds. The molecule has 0 radical (unpaired) electrons. The van der Waals surface area contributed by atoms with Gasteiger partial charge in [-0.15, -0.1) is 0 Å². The lowest BCUT2D eigenvalue weighted by molar-refractivity contribution is 0.103. The number of rotatable bonds is 3. The van der Waals surface area contributed by atoms with Crippen molar-refractivity contribution in [2.75, 3.05) is 0 Å². The monoisotopic (exact) mass is 240 g/mol. The fraction of sp³-hybridized carbons (Fsp3) is 0.200. The van der Waals surface area contributed by atoms with Gasteiger partial charge in [-0.05, 0) is 31.5 Å². The molecule has 0 fully saturated rings. The zero-order chi connectivity index (χ0) is 13.1. The molecule has 0 unspecified atom stereocenters. The van der Waals surface area contributed by atoms with Gasteiger partial charge in [0.15, 0.2) is 5.78 Å². The second-order valence-corrected chi connectivity index (χ2v) is 4.39. The van der Waals surface area contributed by atoms with Gasteiger partial charge in [0, 0.05) is 23.9 Å². The Morgan fingerprint density at radius 1 is 1.22 bits per heavy atom. The van der Waals surface area contributed by atoms with Crippen molar-refractivity contribution in [1.82, 2.24) is 4.98 Å². The summed E-state index contributed by atoms with van der Waals surface area (Å²) in [5.74, 6) is 0.0181. The molecule has 0 saturated carbocycles. The van der Waals surface area contributed by atoms with Gasteiger partial charge in [0.05, 0.1) is 5.69 Å². The number of aryl methyl sites for hydroxylation is 2. The SMILES string of the molecule is Cc1ccc(C(=O)c2ccnc(CN)c2)c(C)c1. The lowest BCUT2D eigenvalue weighted by Crippen LogP contribution is -2.07. The molecule has 0 aliphatic rings. The van der Waals surface area contributed by atoms with Crippen LogP contribution < -0.4 is 5.73 Å². The number of hydrogen-bond donors (Lipinski definition) is 1. The van der Waals surface area contributed by atoms with Crippen LogP contribution in [-0.4, -0.2) is 10.8 Å². The maximum atomic E-state index is 12.4. The molecule has 18 heavy (non-hydrogen) atoms. The van der Waals surface area contributed by atoms with Crippen LogP contribution in [-0.2, 0) is 6.54 Å². The number of carbonyl (C=O) groups is 1. The predicted octanol–water partition coefficient (Wildman–Crippen LogP) is 2.39. The number of aromatic nitrogens is 1. The van der Waals surface area contributed by atoms with Crippen LogP contribution in [0.4, 0.5) is 0 Å². The van der Waals surface area contributed by atoms with Crippen molar-refractivity contribution in [3.63, 3.8) is 0 Å². The maximum absolute atomic E-state index is 12.4. The van der Waals surface area contributed by atoms with E-state index in [-0.39, 0.29) is 5.78 Å². The van der Waals surface area contributed by atoms with Crippen molar-refractivity contribution in [1.29, 1.82) is 0 Å². The van der Waals surface area contributed by atoms with Gasteiger partial charge in [0.1, 0.15) is 0 Å². The molecule has 3 heteroatoms. The molecule has 2 aromatic rings. The number of nitrogens with two attached hydrogens (primary N) is 1. The Balaban J connectivity index is 2.41. The molecule has 2 N–H and O–H groups in total. The smallest absolute Gasteiger partial charge is 0.193 e. The average molecular weight is 240 g/mol. The Hall–Kier alpha value is -2.00. The van der Waals surface area contributed by atoms with Crippen LogP contribution in [0.5, 0.6) is 0 Å². The zero-order valence-electron chi connectivity index (χ0n) is 10.6. The van der Waals surface area contributed by atoms with Crippen LogP contribution >= 0.6 is 0 Å². The molecule has 2 rings (SSSR count). The number of hydrogen-bond acceptors (Lipinski definition) is 3. The number of carbonyl (C=O) groups excluding carboxylic acids is 1. The molecule has 0 aliphatic carbocycles. The highest BCUT2D eigenvalue weighted by molar-refractivity contribution is 6.09. The first-order valence-electron chi connectivity index (χ1n) is 5.89. The van der Waals surface area contributed by atoms with Gasteiger partial charge in [0.25, 0.3) is 0 Å². The molecular weight excluding hydrogens is 224 g/mol. The van der Waals surface area contributed by atoms with E-state index in [1.54, 1.807) is 18.3 Å². The first-order valence-corrected chi connectivity index (χ1v) is 5.89. The van der Waals surface area contributed by atoms with Crippen molar-refractivity contribution in [3.05, 3.63) is 64.5 Å². The molecule has 1 heterocycles. The van der Waals surface area contributed by atoms with Crippen molar-refractivity contribution in [2.45, 2.75) is 20.4 Å². The minimum absolute atomic E-state index is 0.0181. The molecule has 1 aromatic carbocycles. The van der Waals surface area contributed by atoms with Gasteiger partial charge in [-0.3, -0.25) is 9.78 Å². The minimum Gasteiger partial charge on any atom is -0.325 e. The summed E-state index contributed by atoms with van der Waals surface area (Å²) in [4.78, 5) is 16.5. The molecule has 0 spiro atoms. The summed E-state index contributed by atoms with van der Waals surface area (Å²) in [6.45, 7) is 4.31. The number of nitrogens with zero attached hydrogens (tertiary/aromatic N) is 1. The zero-order valence-corrected chi connectivity index (χ0v) is 10.6. The lowest BCUT2D eigenvalue weighted by atomic mass is 9.98. The Kier molecular flexibility index (Phi) is 3.53. The molecule has 1 aromatic heterocycles. The Labute approximate surface area is 107 Å². The first kappa shape index (κ1) is 12.5. The minimum atomic E-state index is 0.0181. The third-order valence-corrected chi connectivity index (χ3v) is 2.91. The van der Waals surface area contributed by atoms with E-state index in [2.05, 4.69) is 4.98 Å². The van der Waals surface area contributed by atoms with Crippen molar-refractivity contribution in [2.24, 2.45) is 5.73 Å². The third kappa shape index (κ3) is 2.46. The Bertz CT molecular complexity index is 591. The Morgan fingerprint density at radius 2 is 2.00 bits per heavy atom. The normalized spacial score (nSPS) is 10.4. The molecule has 0 aliphatic heterocycles. The predicted molar refractivity (Wildman–Crippen MR) is 71.5 cm³/mol. The summed E-state index contributed by atoms with van der Waals surface area (Å²) in [6, 6.07) is 9.31. The van der Waals surface area contributed by atoms with Crippen LogP contribution in [0.15, 0.2) is 36.5 Å². The molecule has 3 nitrogen and oxygen atoms in total. The van der Waals surface area contributed by atoms with Crippen LogP contribution in [0.3, 0.4) is 0 Å². The molecule has 0 saturated heterocycles. The molecule has 0 atom stereocenters. The number of pyridine rings is 1. The van der Waals surface area contributed by atoms with Gasteiger partial charge in [-0.2, -0.15) is 0 Å². The van der Waals surface area contributed by atoms with E-state index in [1.807, 2.05) is 32.0 Å². The fourth-order valence-corrected chi connectivity index (χ4v) is 1.95. The third-order valence-electron chi connectivity index (χ3n) is 2.91. The van der Waals surface area contributed by atoms with Crippen molar-refractivity contribution >= 4 is 5.78 Å². The highest BCUT2D eigenvalue weighted by Crippen LogP contribution is 2.15. The molecule has 92 valence electrons. The van der Waals surface area contributed by atoms with E-state index < -0.39 is 0 Å². The summed E-state index contributed by atoms with van der Waals surface area (Å²) in [5.41, 5.74) is 9.77. The highest BCUT2D eigenvalue weighted by Gasteiger charge is 2.12. The second kappa shape index (κ2) is 5.10. The Morgan fingerprint density at radius 3 is 2.67 bits per heavy atom. The topological polar surface area (TPSA) is 56.0 Å². The molecule has 0 bridgehead atoms. The number of ketones is 1. The lowest BCUT2D eigenvalue weighted by Gasteiger charge is -2.07. The van der Waals surface area contributed by atoms with Crippen LogP contribution in [0.1, 0.15) is 32.7 Å². The maximum Gasteiger partial charge on any atom is 0.193 e. The summed E-state index contributed by atoms with van der Waals surface area (Å²) in [6.07, 6.45) is 1.62. The van der Waals surface area contributed by atoms with Crippen molar-refractivity contribution in [3.8, 4) is 0 Å². The van der Waals surface area contributed by atoms with E-state index in [0.29, 0.717) is 12.1 Å². The summed E-state index contributed by atoms with van der Waals surface area (Å²) < 4.78 is 0. The molecular formula is C15H16N2O. The van der Waals surface area contributed by atoms with Crippen LogP contribution in [0.25, 0.3) is 0 Å². The van der Waals surface area contributed by atoms with Gasteiger partial charge in [0.2, 0.25) is 0 Å². The standard InChI is InChI=1S/C15H16N2O/c1-10-3-4-14(11(2)7-10)15(18)12-5-6-17-13(8-12)9-16/h3-8H,9,16H2,1-2H3. The fourth-order valence-electron chi connectivity index (χ4n) is 1.95. The van der Waals surface area contributed by atoms with E-state index in [1.165, 1.54) is 0 Å². The van der Waals surface area contributed by atoms with Crippen LogP contribution in [0.2, 0.25) is 0 Å². The highest BCUT2D eigenvalue weighted by atomic mass is 16.1. The van der Waals surface area contributed by atoms with Gasteiger partial charge in [-0.25, -0.2) is 0 Å². The number of benzene rings is 1. The first-order chi connectivity index (χ1) is 8.61. The summed E-state index contributed by atoms with van der Waals surface area (Å²) in [5, 5.41) is 0. The van der Waals surface area contributed by atoms with Gasteiger partial charge >= 0.3 is 0 Å². The van der Waals surface area contributed by atoms with E-state index >= 15 is 0 Å². The van der Waals surface area contributed by atoms with E-state index in [4.69, 9.17) is 5.73 Å². The largest absolute Gasteiger partial charge is 0.325 e. The summed E-state index contributed by atoms with van der Waals surface area (Å²) >= 11 is 0. The van der Waals surface area contributed by atoms with Gasteiger partial charge < -0.3 is 5.73 Å². The van der Waals surface area contributed by atoms with E-state index in [9.17, 15) is 4.79 Å². The van der Waals surface area contributed by atoms with Crippen molar-refractivity contribution < 1.29 is 4.79 Å². The van der Waals surface area contributed by atoms with E-state index in [0.717, 1.165) is 22.4 Å². The van der Waals surface area contributed by atoms with Gasteiger partial charge in [-0.1, -0.05) is 23.8 Å².